The fourth-order valence-electron chi connectivity index (χ4n) is 1.41. The number of hydrogen-bond acceptors (Lipinski definition) is 3. The van der Waals surface area contributed by atoms with Gasteiger partial charge in [-0.1, -0.05) is 23.3 Å². The van der Waals surface area contributed by atoms with Gasteiger partial charge in [0.1, 0.15) is 0 Å². The molecule has 0 spiro atoms. The van der Waals surface area contributed by atoms with Crippen molar-refractivity contribution in [2.24, 2.45) is 0 Å². The summed E-state index contributed by atoms with van der Waals surface area (Å²) in [7, 11) is 1.60. The number of carbonyl (C=O) groups excluding carboxylic acids is 2. The van der Waals surface area contributed by atoms with E-state index in [9.17, 15) is 9.59 Å². The Morgan fingerprint density at radius 3 is 2.32 bits per heavy atom. The second-order valence-electron chi connectivity index (χ2n) is 4.78. The average Bonchev–Trinajstić information content (AvgIpc) is 2.34. The SMILES string of the molecule is CCOC(=O)C(=O)N(C)C/C=C(\C)CCC=C(C)C. The number of rotatable bonds is 6. The smallest absolute Gasteiger partial charge is 0.397 e. The second kappa shape index (κ2) is 9.36. The molecule has 0 heterocycles. The van der Waals surface area contributed by atoms with Gasteiger partial charge in [0.2, 0.25) is 0 Å². The van der Waals surface area contributed by atoms with Gasteiger partial charge in [-0.25, -0.2) is 4.79 Å². The number of hydrogen-bond donors (Lipinski definition) is 0. The van der Waals surface area contributed by atoms with E-state index in [2.05, 4.69) is 24.7 Å². The van der Waals surface area contributed by atoms with Crippen molar-refractivity contribution < 1.29 is 14.3 Å². The standard InChI is InChI=1S/C15H25NO3/c1-6-19-15(18)14(17)16(5)11-10-13(4)9-7-8-12(2)3/h8,10H,6-7,9,11H2,1-5H3/b13-10+. The molecule has 4 nitrogen and oxygen atoms in total. The molecule has 0 radical (unpaired) electrons. The Balaban J connectivity index is 4.18. The monoisotopic (exact) mass is 267 g/mol. The number of allylic oxidation sites excluding steroid dienone is 3. The summed E-state index contributed by atoms with van der Waals surface area (Å²) in [6.07, 6.45) is 6.12. The molecule has 0 saturated carbocycles. The Kier molecular flexibility index (Phi) is 8.58. The summed E-state index contributed by atoms with van der Waals surface area (Å²) < 4.78 is 4.66. The summed E-state index contributed by atoms with van der Waals surface area (Å²) in [4.78, 5) is 24.2. The molecule has 0 atom stereocenters. The van der Waals surface area contributed by atoms with Gasteiger partial charge in [-0.15, -0.1) is 0 Å². The first kappa shape index (κ1) is 17.4. The number of ether oxygens (including phenoxy) is 1. The predicted molar refractivity (Wildman–Crippen MR) is 76.7 cm³/mol. The highest BCUT2D eigenvalue weighted by molar-refractivity contribution is 6.32. The molecule has 1 amide bonds. The molecule has 0 aromatic heterocycles. The minimum atomic E-state index is -0.791. The molecule has 0 aliphatic rings. The van der Waals surface area contributed by atoms with Crippen LogP contribution in [0.3, 0.4) is 0 Å². The fraction of sp³-hybridized carbons (Fsp3) is 0.600. The highest BCUT2D eigenvalue weighted by Crippen LogP contribution is 2.06. The van der Waals surface area contributed by atoms with Crippen molar-refractivity contribution in [3.8, 4) is 0 Å². The molecule has 0 rings (SSSR count). The third-order valence-corrected chi connectivity index (χ3v) is 2.60. The van der Waals surface area contributed by atoms with Crippen molar-refractivity contribution in [2.45, 2.75) is 40.5 Å². The van der Waals surface area contributed by atoms with E-state index < -0.39 is 11.9 Å². The van der Waals surface area contributed by atoms with Crippen LogP contribution < -0.4 is 0 Å². The molecule has 0 saturated heterocycles. The zero-order chi connectivity index (χ0) is 14.8. The predicted octanol–water partition coefficient (Wildman–Crippen LogP) is 2.70. The Morgan fingerprint density at radius 2 is 1.79 bits per heavy atom. The van der Waals surface area contributed by atoms with Gasteiger partial charge >= 0.3 is 11.9 Å². The molecule has 0 aliphatic heterocycles. The van der Waals surface area contributed by atoms with Gasteiger partial charge in [0.15, 0.2) is 0 Å². The Morgan fingerprint density at radius 1 is 1.16 bits per heavy atom. The highest BCUT2D eigenvalue weighted by Gasteiger charge is 2.18. The van der Waals surface area contributed by atoms with Crippen molar-refractivity contribution in [1.82, 2.24) is 4.90 Å². The minimum Gasteiger partial charge on any atom is -0.459 e. The Bertz CT molecular complexity index is 366. The van der Waals surface area contributed by atoms with Gasteiger partial charge in [0, 0.05) is 13.6 Å². The lowest BCUT2D eigenvalue weighted by atomic mass is 10.1. The van der Waals surface area contributed by atoms with Crippen LogP contribution in [-0.2, 0) is 14.3 Å². The average molecular weight is 267 g/mol. The number of carbonyl (C=O) groups is 2. The van der Waals surface area contributed by atoms with Crippen LogP contribution in [0, 0.1) is 0 Å². The molecule has 0 aromatic rings. The van der Waals surface area contributed by atoms with Crippen molar-refractivity contribution in [2.75, 3.05) is 20.2 Å². The maximum atomic E-state index is 11.6. The maximum Gasteiger partial charge on any atom is 0.397 e. The third kappa shape index (κ3) is 8.19. The van der Waals surface area contributed by atoms with Crippen molar-refractivity contribution >= 4 is 11.9 Å². The van der Waals surface area contributed by atoms with Crippen LogP contribution in [0.4, 0.5) is 0 Å². The van der Waals surface area contributed by atoms with E-state index in [4.69, 9.17) is 0 Å². The first-order chi connectivity index (χ1) is 8.88. The van der Waals surface area contributed by atoms with Crippen LogP contribution in [0.1, 0.15) is 40.5 Å². The lowest BCUT2D eigenvalue weighted by Crippen LogP contribution is -2.34. The molecule has 0 unspecified atom stereocenters. The summed E-state index contributed by atoms with van der Waals surface area (Å²) in [5, 5.41) is 0. The molecule has 19 heavy (non-hydrogen) atoms. The van der Waals surface area contributed by atoms with E-state index in [1.54, 1.807) is 14.0 Å². The molecule has 4 heteroatoms. The number of esters is 1. The summed E-state index contributed by atoms with van der Waals surface area (Å²) in [5.41, 5.74) is 2.52. The summed E-state index contributed by atoms with van der Waals surface area (Å²) in [6, 6.07) is 0. The lowest BCUT2D eigenvalue weighted by molar-refractivity contribution is -0.158. The topological polar surface area (TPSA) is 46.6 Å². The van der Waals surface area contributed by atoms with Crippen LogP contribution in [0.15, 0.2) is 23.3 Å². The Labute approximate surface area is 116 Å². The number of amides is 1. The van der Waals surface area contributed by atoms with Crippen LogP contribution >= 0.6 is 0 Å². The molecule has 108 valence electrons. The normalized spacial score (nSPS) is 10.9. The van der Waals surface area contributed by atoms with E-state index in [0.717, 1.165) is 12.8 Å². The van der Waals surface area contributed by atoms with E-state index in [1.165, 1.54) is 16.0 Å². The van der Waals surface area contributed by atoms with Crippen molar-refractivity contribution in [3.05, 3.63) is 23.3 Å². The molecular weight excluding hydrogens is 242 g/mol. The summed E-state index contributed by atoms with van der Waals surface area (Å²) >= 11 is 0. The van der Waals surface area contributed by atoms with Gasteiger partial charge in [-0.3, -0.25) is 4.79 Å². The highest BCUT2D eigenvalue weighted by atomic mass is 16.5. The largest absolute Gasteiger partial charge is 0.459 e. The molecule has 0 bridgehead atoms. The first-order valence-electron chi connectivity index (χ1n) is 6.59. The third-order valence-electron chi connectivity index (χ3n) is 2.60. The van der Waals surface area contributed by atoms with Crippen LogP contribution in [-0.4, -0.2) is 37.0 Å². The minimum absolute atomic E-state index is 0.218. The second-order valence-corrected chi connectivity index (χ2v) is 4.78. The van der Waals surface area contributed by atoms with Gasteiger partial charge in [0.05, 0.1) is 6.61 Å². The molecule has 0 aliphatic carbocycles. The fourth-order valence-corrected chi connectivity index (χ4v) is 1.41. The summed E-state index contributed by atoms with van der Waals surface area (Å²) in [6.45, 7) is 8.50. The lowest BCUT2D eigenvalue weighted by Gasteiger charge is -2.14. The van der Waals surface area contributed by atoms with Gasteiger partial charge in [-0.2, -0.15) is 0 Å². The Hall–Kier alpha value is -1.58. The van der Waals surface area contributed by atoms with Crippen LogP contribution in [0.2, 0.25) is 0 Å². The van der Waals surface area contributed by atoms with Crippen LogP contribution in [0.25, 0.3) is 0 Å². The number of likely N-dealkylation sites (N-methyl/N-ethyl adjacent to an activating group) is 1. The van der Waals surface area contributed by atoms with Gasteiger partial charge in [0.25, 0.3) is 0 Å². The first-order valence-corrected chi connectivity index (χ1v) is 6.59. The van der Waals surface area contributed by atoms with E-state index in [-0.39, 0.29) is 6.61 Å². The van der Waals surface area contributed by atoms with Crippen molar-refractivity contribution in [1.29, 1.82) is 0 Å². The zero-order valence-corrected chi connectivity index (χ0v) is 12.7. The molecule has 0 aromatic carbocycles. The molecular formula is C15H25NO3. The summed E-state index contributed by atoms with van der Waals surface area (Å²) in [5.74, 6) is -1.39. The van der Waals surface area contributed by atoms with Gasteiger partial charge in [-0.05, 0) is 40.5 Å². The van der Waals surface area contributed by atoms with Gasteiger partial charge < -0.3 is 9.64 Å². The van der Waals surface area contributed by atoms with E-state index in [1.807, 2.05) is 13.0 Å². The number of nitrogens with zero attached hydrogens (tertiary/aromatic N) is 1. The molecule has 0 N–H and O–H groups in total. The molecule has 0 fully saturated rings. The van der Waals surface area contributed by atoms with E-state index in [0.29, 0.717) is 6.54 Å². The zero-order valence-electron chi connectivity index (χ0n) is 12.7. The van der Waals surface area contributed by atoms with E-state index >= 15 is 0 Å². The quantitative estimate of drug-likeness (QED) is 0.422. The van der Waals surface area contributed by atoms with Crippen LogP contribution in [0.5, 0.6) is 0 Å². The van der Waals surface area contributed by atoms with Crippen molar-refractivity contribution in [3.63, 3.8) is 0 Å². The maximum absolute atomic E-state index is 11.6.